The van der Waals surface area contributed by atoms with Crippen LogP contribution in [0.2, 0.25) is 0 Å². The molecule has 2 saturated heterocycles. The lowest BCUT2D eigenvalue weighted by atomic mass is 9.96. The minimum Gasteiger partial charge on any atom is -0.377 e. The standard InChI is InChI=1S/C27H28FN7O2/c28-20-4-1-3-19(15-20)23-17-37-14-13-34(23)26-8-7-24-30-16-22(35(24)32-26)21-5-2-6-25(31-21)33-11-9-18(10-12-33)27(29)36/h1-8,15-16,18,23H,9-14,17H2,(H2,29,36). The molecule has 6 rings (SSSR count). The Hall–Kier alpha value is -4.05. The van der Waals surface area contributed by atoms with Crippen molar-refractivity contribution in [2.24, 2.45) is 11.7 Å². The van der Waals surface area contributed by atoms with E-state index in [1.807, 2.05) is 36.4 Å². The number of halogens is 1. The summed E-state index contributed by atoms with van der Waals surface area (Å²) in [5.41, 5.74) is 8.59. The molecule has 0 bridgehead atoms. The number of morpholine rings is 1. The predicted molar refractivity (Wildman–Crippen MR) is 138 cm³/mol. The Morgan fingerprint density at radius 3 is 2.68 bits per heavy atom. The number of piperidine rings is 1. The van der Waals surface area contributed by atoms with Crippen LogP contribution in [-0.2, 0) is 9.53 Å². The molecule has 1 amide bonds. The van der Waals surface area contributed by atoms with Crippen LogP contribution in [0, 0.1) is 11.7 Å². The molecule has 2 N–H and O–H groups in total. The third-order valence-corrected chi connectivity index (χ3v) is 7.22. The first-order valence-electron chi connectivity index (χ1n) is 12.5. The zero-order valence-corrected chi connectivity index (χ0v) is 20.3. The lowest BCUT2D eigenvalue weighted by molar-refractivity contribution is -0.122. The highest BCUT2D eigenvalue weighted by atomic mass is 19.1. The molecule has 0 aliphatic carbocycles. The fourth-order valence-corrected chi connectivity index (χ4v) is 5.19. The lowest BCUT2D eigenvalue weighted by Gasteiger charge is -2.36. The summed E-state index contributed by atoms with van der Waals surface area (Å²) >= 11 is 0. The quantitative estimate of drug-likeness (QED) is 0.448. The molecule has 5 heterocycles. The zero-order valence-electron chi connectivity index (χ0n) is 20.3. The fraction of sp³-hybridized carbons (Fsp3) is 0.333. The molecular weight excluding hydrogens is 473 g/mol. The number of ether oxygens (including phenoxy) is 1. The summed E-state index contributed by atoms with van der Waals surface area (Å²) in [4.78, 5) is 25.3. The predicted octanol–water partition coefficient (Wildman–Crippen LogP) is 3.21. The number of nitrogens with two attached hydrogens (primary N) is 1. The van der Waals surface area contributed by atoms with E-state index in [1.54, 1.807) is 22.8 Å². The highest BCUT2D eigenvalue weighted by molar-refractivity contribution is 5.77. The van der Waals surface area contributed by atoms with Gasteiger partial charge in [0.25, 0.3) is 0 Å². The number of benzene rings is 1. The molecule has 1 unspecified atom stereocenters. The molecule has 4 aromatic rings. The molecule has 9 nitrogen and oxygen atoms in total. The number of imidazole rings is 1. The van der Waals surface area contributed by atoms with Gasteiger partial charge in [0.15, 0.2) is 5.65 Å². The number of amides is 1. The second kappa shape index (κ2) is 9.78. The summed E-state index contributed by atoms with van der Waals surface area (Å²) in [7, 11) is 0. The van der Waals surface area contributed by atoms with Crippen LogP contribution in [0.15, 0.2) is 60.8 Å². The molecule has 0 spiro atoms. The van der Waals surface area contributed by atoms with Crippen LogP contribution < -0.4 is 15.5 Å². The number of hydrogen-bond acceptors (Lipinski definition) is 7. The zero-order chi connectivity index (χ0) is 25.4. The number of carbonyl (C=O) groups excluding carboxylic acids is 1. The van der Waals surface area contributed by atoms with Gasteiger partial charge in [0.05, 0.1) is 31.1 Å². The molecule has 37 heavy (non-hydrogen) atoms. The van der Waals surface area contributed by atoms with E-state index >= 15 is 0 Å². The van der Waals surface area contributed by atoms with Crippen molar-refractivity contribution in [2.75, 3.05) is 42.6 Å². The van der Waals surface area contributed by atoms with E-state index in [0.29, 0.717) is 25.4 Å². The first-order chi connectivity index (χ1) is 18.1. The second-order valence-electron chi connectivity index (χ2n) is 9.49. The minimum absolute atomic E-state index is 0.0720. The summed E-state index contributed by atoms with van der Waals surface area (Å²) in [6.07, 6.45) is 3.24. The third-order valence-electron chi connectivity index (χ3n) is 7.22. The van der Waals surface area contributed by atoms with E-state index in [4.69, 9.17) is 20.6 Å². The maximum absolute atomic E-state index is 14.0. The summed E-state index contributed by atoms with van der Waals surface area (Å²) < 4.78 is 21.5. The molecule has 190 valence electrons. The van der Waals surface area contributed by atoms with Gasteiger partial charge in [-0.1, -0.05) is 18.2 Å². The Morgan fingerprint density at radius 1 is 1.03 bits per heavy atom. The largest absolute Gasteiger partial charge is 0.377 e. The van der Waals surface area contributed by atoms with Gasteiger partial charge in [0.1, 0.15) is 23.1 Å². The molecule has 1 aromatic carbocycles. The van der Waals surface area contributed by atoms with Crippen molar-refractivity contribution in [2.45, 2.75) is 18.9 Å². The Kier molecular flexibility index (Phi) is 6.17. The van der Waals surface area contributed by atoms with Gasteiger partial charge in [0.2, 0.25) is 5.91 Å². The fourth-order valence-electron chi connectivity index (χ4n) is 5.19. The molecule has 2 fully saturated rings. The summed E-state index contributed by atoms with van der Waals surface area (Å²) in [5, 5.41) is 4.93. The SMILES string of the molecule is NC(=O)C1CCN(c2cccc(-c3cnc4ccc(N5CCOCC5c5cccc(F)c5)nn34)n2)CC1. The van der Waals surface area contributed by atoms with Gasteiger partial charge in [-0.2, -0.15) is 0 Å². The number of primary amides is 1. The van der Waals surface area contributed by atoms with E-state index in [1.165, 1.54) is 6.07 Å². The number of carbonyl (C=O) groups is 1. The first kappa shape index (κ1) is 23.4. The van der Waals surface area contributed by atoms with E-state index < -0.39 is 0 Å². The maximum Gasteiger partial charge on any atom is 0.220 e. The van der Waals surface area contributed by atoms with Gasteiger partial charge in [-0.05, 0) is 54.8 Å². The van der Waals surface area contributed by atoms with Gasteiger partial charge >= 0.3 is 0 Å². The summed E-state index contributed by atoms with van der Waals surface area (Å²) in [6.45, 7) is 3.13. The average Bonchev–Trinajstić information content (AvgIpc) is 3.36. The topological polar surface area (TPSA) is 102 Å². The number of rotatable bonds is 5. The van der Waals surface area contributed by atoms with Gasteiger partial charge < -0.3 is 20.3 Å². The van der Waals surface area contributed by atoms with Crippen molar-refractivity contribution in [3.05, 3.63) is 72.2 Å². The van der Waals surface area contributed by atoms with Crippen LogP contribution in [0.5, 0.6) is 0 Å². The summed E-state index contributed by atoms with van der Waals surface area (Å²) in [6, 6.07) is 16.3. The van der Waals surface area contributed by atoms with Crippen LogP contribution >= 0.6 is 0 Å². The highest BCUT2D eigenvalue weighted by Gasteiger charge is 2.27. The van der Waals surface area contributed by atoms with Gasteiger partial charge in [0, 0.05) is 25.6 Å². The van der Waals surface area contributed by atoms with Gasteiger partial charge in [-0.15, -0.1) is 5.10 Å². The number of pyridine rings is 1. The Bertz CT molecular complexity index is 1430. The van der Waals surface area contributed by atoms with Crippen LogP contribution in [0.3, 0.4) is 0 Å². The van der Waals surface area contributed by atoms with Crippen molar-refractivity contribution < 1.29 is 13.9 Å². The Labute approximate surface area is 213 Å². The van der Waals surface area contributed by atoms with Crippen molar-refractivity contribution in [1.82, 2.24) is 19.6 Å². The highest BCUT2D eigenvalue weighted by Crippen LogP contribution is 2.30. The van der Waals surface area contributed by atoms with Crippen molar-refractivity contribution >= 4 is 23.2 Å². The van der Waals surface area contributed by atoms with Crippen molar-refractivity contribution in [3.63, 3.8) is 0 Å². The van der Waals surface area contributed by atoms with Crippen LogP contribution in [-0.4, -0.2) is 58.3 Å². The van der Waals surface area contributed by atoms with Crippen LogP contribution in [0.1, 0.15) is 24.4 Å². The molecule has 3 aromatic heterocycles. The van der Waals surface area contributed by atoms with Crippen molar-refractivity contribution in [1.29, 1.82) is 0 Å². The molecule has 1 atom stereocenters. The van der Waals surface area contributed by atoms with Crippen LogP contribution in [0.4, 0.5) is 16.0 Å². The normalized spacial score (nSPS) is 18.9. The van der Waals surface area contributed by atoms with E-state index in [9.17, 15) is 9.18 Å². The van der Waals surface area contributed by atoms with Gasteiger partial charge in [-0.3, -0.25) is 4.79 Å². The Balaban J connectivity index is 1.31. The maximum atomic E-state index is 14.0. The smallest absolute Gasteiger partial charge is 0.220 e. The van der Waals surface area contributed by atoms with Crippen LogP contribution in [0.25, 0.3) is 17.0 Å². The minimum atomic E-state index is -0.270. The molecule has 10 heteroatoms. The molecule has 2 aliphatic rings. The molecule has 0 saturated carbocycles. The molecule has 2 aliphatic heterocycles. The number of nitrogens with zero attached hydrogens (tertiary/aromatic N) is 6. The molecular formula is C27H28FN7O2. The lowest BCUT2D eigenvalue weighted by Crippen LogP contribution is -2.40. The molecule has 0 radical (unpaired) electrons. The van der Waals surface area contributed by atoms with Gasteiger partial charge in [-0.25, -0.2) is 18.9 Å². The average molecular weight is 502 g/mol. The van der Waals surface area contributed by atoms with E-state index in [0.717, 1.165) is 54.5 Å². The van der Waals surface area contributed by atoms with E-state index in [2.05, 4.69) is 14.8 Å². The first-order valence-corrected chi connectivity index (χ1v) is 12.5. The third kappa shape index (κ3) is 4.60. The summed E-state index contributed by atoms with van der Waals surface area (Å²) in [5.74, 6) is 1.04. The number of aromatic nitrogens is 4. The Morgan fingerprint density at radius 2 is 1.86 bits per heavy atom. The number of fused-ring (bicyclic) bond motifs is 1. The number of anilines is 2. The number of hydrogen-bond donors (Lipinski definition) is 1. The monoisotopic (exact) mass is 501 g/mol. The second-order valence-corrected chi connectivity index (χ2v) is 9.49. The van der Waals surface area contributed by atoms with Crippen molar-refractivity contribution in [3.8, 4) is 11.4 Å². The van der Waals surface area contributed by atoms with E-state index in [-0.39, 0.29) is 23.7 Å².